The molecule has 0 aliphatic heterocycles. The molecule has 1 atom stereocenters. The molecule has 0 saturated heterocycles. The smallest absolute Gasteiger partial charge is 0.168 e. The third-order valence-electron chi connectivity index (χ3n) is 3.14. The van der Waals surface area contributed by atoms with Crippen molar-refractivity contribution in [2.75, 3.05) is 13.0 Å². The standard InChI is InChI=1S/C14H20ClFO/c1-14(2,3)11(9-15)8-10-6-5-7-12(17-4)13(10)16/h5-7,11H,8-9H2,1-4H3. The van der Waals surface area contributed by atoms with E-state index in [9.17, 15) is 4.39 Å². The molecule has 0 aromatic heterocycles. The van der Waals surface area contributed by atoms with E-state index < -0.39 is 0 Å². The van der Waals surface area contributed by atoms with Gasteiger partial charge in [-0.25, -0.2) is 4.39 Å². The first-order valence-corrected chi connectivity index (χ1v) is 6.31. The molecule has 0 fully saturated rings. The Morgan fingerprint density at radius 3 is 2.47 bits per heavy atom. The Kier molecular flexibility index (Phi) is 4.81. The zero-order valence-corrected chi connectivity index (χ0v) is 11.6. The summed E-state index contributed by atoms with van der Waals surface area (Å²) in [6.07, 6.45) is 0.635. The van der Waals surface area contributed by atoms with Crippen LogP contribution in [0.4, 0.5) is 4.39 Å². The fourth-order valence-electron chi connectivity index (χ4n) is 1.73. The molecule has 0 spiro atoms. The second kappa shape index (κ2) is 5.72. The first-order valence-electron chi connectivity index (χ1n) is 5.77. The summed E-state index contributed by atoms with van der Waals surface area (Å²) in [5.41, 5.74) is 0.738. The first-order chi connectivity index (χ1) is 7.90. The number of hydrogen-bond acceptors (Lipinski definition) is 1. The van der Waals surface area contributed by atoms with Gasteiger partial charge in [0.25, 0.3) is 0 Å². The lowest BCUT2D eigenvalue weighted by Gasteiger charge is -2.29. The Balaban J connectivity index is 2.94. The minimum absolute atomic E-state index is 0.0667. The van der Waals surface area contributed by atoms with E-state index in [0.717, 1.165) is 0 Å². The maximum absolute atomic E-state index is 14.0. The van der Waals surface area contributed by atoms with Gasteiger partial charge in [0, 0.05) is 5.88 Å². The summed E-state index contributed by atoms with van der Waals surface area (Å²) in [5, 5.41) is 0. The van der Waals surface area contributed by atoms with Crippen molar-refractivity contribution in [2.45, 2.75) is 27.2 Å². The van der Waals surface area contributed by atoms with Gasteiger partial charge in [0.1, 0.15) is 0 Å². The van der Waals surface area contributed by atoms with E-state index in [2.05, 4.69) is 20.8 Å². The zero-order valence-electron chi connectivity index (χ0n) is 10.9. The predicted octanol–water partition coefficient (Wildman–Crippen LogP) is 4.28. The molecule has 0 saturated carbocycles. The monoisotopic (exact) mass is 258 g/mol. The molecule has 1 aromatic rings. The maximum Gasteiger partial charge on any atom is 0.168 e. The van der Waals surface area contributed by atoms with Gasteiger partial charge in [0.05, 0.1) is 7.11 Å². The lowest BCUT2D eigenvalue weighted by molar-refractivity contribution is 0.261. The normalized spacial score (nSPS) is 13.5. The van der Waals surface area contributed by atoms with Crippen LogP contribution in [-0.2, 0) is 6.42 Å². The van der Waals surface area contributed by atoms with Gasteiger partial charge in [0.15, 0.2) is 11.6 Å². The molecular weight excluding hydrogens is 239 g/mol. The van der Waals surface area contributed by atoms with Gasteiger partial charge in [0.2, 0.25) is 0 Å². The van der Waals surface area contributed by atoms with Crippen LogP contribution in [0.25, 0.3) is 0 Å². The Labute approximate surface area is 108 Å². The van der Waals surface area contributed by atoms with E-state index in [1.54, 1.807) is 12.1 Å². The molecule has 1 nitrogen and oxygen atoms in total. The van der Waals surface area contributed by atoms with Crippen molar-refractivity contribution in [2.24, 2.45) is 11.3 Å². The van der Waals surface area contributed by atoms with E-state index >= 15 is 0 Å². The average Bonchev–Trinajstić information content (AvgIpc) is 2.26. The lowest BCUT2D eigenvalue weighted by atomic mass is 9.78. The molecule has 0 N–H and O–H groups in total. The van der Waals surface area contributed by atoms with E-state index in [1.807, 2.05) is 6.07 Å². The Morgan fingerprint density at radius 1 is 1.35 bits per heavy atom. The zero-order chi connectivity index (χ0) is 13.1. The van der Waals surface area contributed by atoms with Crippen LogP contribution >= 0.6 is 11.6 Å². The second-order valence-electron chi connectivity index (χ2n) is 5.35. The summed E-state index contributed by atoms with van der Waals surface area (Å²) in [7, 11) is 1.48. The molecule has 0 heterocycles. The second-order valence-corrected chi connectivity index (χ2v) is 5.66. The summed E-state index contributed by atoms with van der Waals surface area (Å²) >= 11 is 5.97. The van der Waals surface area contributed by atoms with Crippen LogP contribution in [0.2, 0.25) is 0 Å². The van der Waals surface area contributed by atoms with Crippen LogP contribution in [0.1, 0.15) is 26.3 Å². The molecule has 0 aliphatic carbocycles. The van der Waals surface area contributed by atoms with Crippen LogP contribution < -0.4 is 4.74 Å². The summed E-state index contributed by atoms with van der Waals surface area (Å²) in [4.78, 5) is 0. The minimum Gasteiger partial charge on any atom is -0.494 e. The third-order valence-corrected chi connectivity index (χ3v) is 3.51. The molecule has 0 amide bonds. The molecule has 17 heavy (non-hydrogen) atoms. The Hall–Kier alpha value is -0.760. The van der Waals surface area contributed by atoms with Crippen LogP contribution in [0.3, 0.4) is 0 Å². The van der Waals surface area contributed by atoms with Gasteiger partial charge in [-0.15, -0.1) is 11.6 Å². The maximum atomic E-state index is 14.0. The summed E-state index contributed by atoms with van der Waals surface area (Å²) < 4.78 is 19.0. The van der Waals surface area contributed by atoms with Crippen molar-refractivity contribution in [3.05, 3.63) is 29.6 Å². The van der Waals surface area contributed by atoms with Crippen molar-refractivity contribution in [1.29, 1.82) is 0 Å². The molecule has 0 bridgehead atoms. The molecule has 0 aliphatic rings. The SMILES string of the molecule is COc1cccc(CC(CCl)C(C)(C)C)c1F. The number of ether oxygens (including phenoxy) is 1. The number of benzene rings is 1. The van der Waals surface area contributed by atoms with E-state index in [4.69, 9.17) is 16.3 Å². The number of rotatable bonds is 4. The first kappa shape index (κ1) is 14.3. The van der Waals surface area contributed by atoms with Crippen LogP contribution in [0.5, 0.6) is 5.75 Å². The highest BCUT2D eigenvalue weighted by Crippen LogP contribution is 2.32. The Morgan fingerprint density at radius 2 is 2.00 bits per heavy atom. The highest BCUT2D eigenvalue weighted by Gasteiger charge is 2.25. The summed E-state index contributed by atoms with van der Waals surface area (Å²) in [5.74, 6) is 0.796. The molecular formula is C14H20ClFO. The van der Waals surface area contributed by atoms with E-state index in [-0.39, 0.29) is 17.2 Å². The van der Waals surface area contributed by atoms with Crippen molar-refractivity contribution < 1.29 is 9.13 Å². The molecule has 3 heteroatoms. The molecule has 0 radical (unpaired) electrons. The third kappa shape index (κ3) is 3.60. The van der Waals surface area contributed by atoms with Gasteiger partial charge in [-0.1, -0.05) is 32.9 Å². The largest absolute Gasteiger partial charge is 0.494 e. The quantitative estimate of drug-likeness (QED) is 0.733. The van der Waals surface area contributed by atoms with Crippen molar-refractivity contribution in [1.82, 2.24) is 0 Å². The van der Waals surface area contributed by atoms with Gasteiger partial charge >= 0.3 is 0 Å². The topological polar surface area (TPSA) is 9.23 Å². The number of hydrogen-bond donors (Lipinski definition) is 0. The molecule has 1 aromatic carbocycles. The van der Waals surface area contributed by atoms with Crippen molar-refractivity contribution in [3.63, 3.8) is 0 Å². The molecule has 1 unspecified atom stereocenters. The highest BCUT2D eigenvalue weighted by atomic mass is 35.5. The molecule has 96 valence electrons. The van der Waals surface area contributed by atoms with Crippen LogP contribution in [-0.4, -0.2) is 13.0 Å². The summed E-state index contributed by atoms with van der Waals surface area (Å²) in [6, 6.07) is 5.24. The minimum atomic E-state index is -0.269. The van der Waals surface area contributed by atoms with Gasteiger partial charge in [-0.3, -0.25) is 0 Å². The predicted molar refractivity (Wildman–Crippen MR) is 70.3 cm³/mol. The molecule has 1 rings (SSSR count). The van der Waals surface area contributed by atoms with E-state index in [0.29, 0.717) is 23.6 Å². The van der Waals surface area contributed by atoms with Crippen LogP contribution in [0.15, 0.2) is 18.2 Å². The number of halogens is 2. The van der Waals surface area contributed by atoms with Crippen molar-refractivity contribution in [3.8, 4) is 5.75 Å². The van der Waals surface area contributed by atoms with Crippen LogP contribution in [0, 0.1) is 17.2 Å². The van der Waals surface area contributed by atoms with Crippen molar-refractivity contribution >= 4 is 11.6 Å². The van der Waals surface area contributed by atoms with Gasteiger partial charge in [-0.05, 0) is 29.4 Å². The highest BCUT2D eigenvalue weighted by molar-refractivity contribution is 6.18. The fourth-order valence-corrected chi connectivity index (χ4v) is 2.30. The fraction of sp³-hybridized carbons (Fsp3) is 0.571. The van der Waals surface area contributed by atoms with Gasteiger partial charge < -0.3 is 4.74 Å². The average molecular weight is 259 g/mol. The number of alkyl halides is 1. The number of methoxy groups -OCH3 is 1. The van der Waals surface area contributed by atoms with E-state index in [1.165, 1.54) is 7.11 Å². The van der Waals surface area contributed by atoms with Gasteiger partial charge in [-0.2, -0.15) is 0 Å². The summed E-state index contributed by atoms with van der Waals surface area (Å²) in [6.45, 7) is 6.37. The Bertz CT molecular complexity index is 371. The lowest BCUT2D eigenvalue weighted by Crippen LogP contribution is -2.24.